The molecule has 0 saturated carbocycles. The Kier molecular flexibility index (Phi) is 3.95. The quantitative estimate of drug-likeness (QED) is 0.842. The van der Waals surface area contributed by atoms with Crippen LogP contribution >= 0.6 is 0 Å². The first-order valence-electron chi connectivity index (χ1n) is 8.76. The second-order valence-corrected chi connectivity index (χ2v) is 7.49. The molecule has 1 amide bonds. The van der Waals surface area contributed by atoms with Crippen LogP contribution in [0.3, 0.4) is 0 Å². The first-order valence-corrected chi connectivity index (χ1v) is 8.76. The van der Waals surface area contributed by atoms with E-state index < -0.39 is 5.60 Å². The largest absolute Gasteiger partial charge is 0.469 e. The molecule has 140 valence electrons. The van der Waals surface area contributed by atoms with Gasteiger partial charge in [0.05, 0.1) is 5.56 Å². The minimum Gasteiger partial charge on any atom is -0.469 e. The molecule has 0 atom stereocenters. The van der Waals surface area contributed by atoms with Crippen molar-refractivity contribution >= 4 is 23.4 Å². The average Bonchev–Trinajstić information content (AvgIpc) is 3.12. The Morgan fingerprint density at radius 1 is 1.19 bits per heavy atom. The Hall–Kier alpha value is -3.22. The van der Waals surface area contributed by atoms with E-state index in [-0.39, 0.29) is 11.9 Å². The number of rotatable bonds is 3. The lowest BCUT2D eigenvalue weighted by Crippen LogP contribution is -2.31. The molecular weight excluding hydrogens is 346 g/mol. The Bertz CT molecular complexity index is 922. The average molecular weight is 367 g/mol. The lowest BCUT2D eigenvalue weighted by atomic mass is 10.1. The van der Waals surface area contributed by atoms with Gasteiger partial charge < -0.3 is 19.4 Å². The van der Waals surface area contributed by atoms with E-state index in [1.165, 1.54) is 0 Å². The maximum atomic E-state index is 12.3. The van der Waals surface area contributed by atoms with Gasteiger partial charge >= 0.3 is 5.97 Å². The van der Waals surface area contributed by atoms with Crippen LogP contribution in [0.25, 0.3) is 0 Å². The Balaban J connectivity index is 1.52. The summed E-state index contributed by atoms with van der Waals surface area (Å²) in [6.07, 6.45) is 3.67. The molecule has 0 aliphatic carbocycles. The minimum absolute atomic E-state index is 0.0873. The van der Waals surface area contributed by atoms with Crippen molar-refractivity contribution in [3.05, 3.63) is 53.9 Å². The van der Waals surface area contributed by atoms with Gasteiger partial charge in [0.1, 0.15) is 11.3 Å². The first-order chi connectivity index (χ1) is 12.8. The number of carbonyl (C=O) groups excluding carboxylic acids is 2. The topological polar surface area (TPSA) is 74.9 Å². The van der Waals surface area contributed by atoms with Gasteiger partial charge in [-0.1, -0.05) is 0 Å². The predicted octanol–water partition coefficient (Wildman–Crippen LogP) is 3.43. The van der Waals surface area contributed by atoms with Crippen LogP contribution in [0.2, 0.25) is 0 Å². The second-order valence-electron chi connectivity index (χ2n) is 7.49. The Morgan fingerprint density at radius 2 is 1.89 bits per heavy atom. The smallest absolute Gasteiger partial charge is 0.338 e. The van der Waals surface area contributed by atoms with Gasteiger partial charge in [-0.25, -0.2) is 4.79 Å². The van der Waals surface area contributed by atoms with Gasteiger partial charge in [-0.05, 0) is 51.1 Å². The normalized spacial score (nSPS) is 15.2. The lowest BCUT2D eigenvalue weighted by Gasteiger charge is -2.22. The molecule has 1 aromatic heterocycles. The number of H-pyrrole nitrogens is 1. The molecule has 1 N–H and O–H groups in total. The molecular formula is C20H21N3O4. The highest BCUT2D eigenvalue weighted by Crippen LogP contribution is 2.39. The highest BCUT2D eigenvalue weighted by Gasteiger charge is 2.29. The van der Waals surface area contributed by atoms with Crippen molar-refractivity contribution < 1.29 is 19.1 Å². The fraction of sp³-hybridized carbons (Fsp3) is 0.300. The number of benzene rings is 1. The molecule has 0 spiro atoms. The molecule has 2 aliphatic rings. The second kappa shape index (κ2) is 6.19. The van der Waals surface area contributed by atoms with Crippen molar-refractivity contribution in [1.82, 2.24) is 9.88 Å². The zero-order chi connectivity index (χ0) is 19.2. The van der Waals surface area contributed by atoms with Gasteiger partial charge in [0.15, 0.2) is 18.3 Å². The molecule has 0 radical (unpaired) electrons. The number of nitrogens with zero attached hydrogens (tertiary/aromatic N) is 2. The van der Waals surface area contributed by atoms with Crippen LogP contribution in [0.1, 0.15) is 41.6 Å². The number of nitrogens with one attached hydrogen (secondary N) is 1. The number of hydrogen-bond acceptors (Lipinski definition) is 5. The summed E-state index contributed by atoms with van der Waals surface area (Å²) < 4.78 is 11.1. The molecule has 0 fully saturated rings. The summed E-state index contributed by atoms with van der Waals surface area (Å²) >= 11 is 0. The van der Waals surface area contributed by atoms with Crippen molar-refractivity contribution in [2.45, 2.75) is 26.4 Å². The number of fused-ring (bicyclic) bond motifs is 1. The van der Waals surface area contributed by atoms with Crippen LogP contribution in [-0.4, -0.2) is 40.6 Å². The molecule has 0 bridgehead atoms. The standard InChI is InChI=1S/C20H21N3O4/c1-20(2,3)27-19(25)13-5-7-14(8-6-13)23-12-26-16-11-15(21-17(16)23)18(24)22-9-4-10-22/h4-9,11,21H,10,12H2,1-3H3. The van der Waals surface area contributed by atoms with Gasteiger partial charge in [0.25, 0.3) is 5.91 Å². The van der Waals surface area contributed by atoms with E-state index in [0.29, 0.717) is 30.3 Å². The van der Waals surface area contributed by atoms with Crippen LogP contribution in [0.5, 0.6) is 5.75 Å². The van der Waals surface area contributed by atoms with Gasteiger partial charge in [-0.3, -0.25) is 9.69 Å². The van der Waals surface area contributed by atoms with Gasteiger partial charge in [0.2, 0.25) is 0 Å². The zero-order valence-electron chi connectivity index (χ0n) is 15.5. The van der Waals surface area contributed by atoms with E-state index in [9.17, 15) is 9.59 Å². The van der Waals surface area contributed by atoms with Crippen molar-refractivity contribution in [1.29, 1.82) is 0 Å². The van der Waals surface area contributed by atoms with Crippen molar-refractivity contribution in [2.75, 3.05) is 18.2 Å². The monoisotopic (exact) mass is 367 g/mol. The number of aromatic amines is 1. The lowest BCUT2D eigenvalue weighted by molar-refractivity contribution is 0.00694. The summed E-state index contributed by atoms with van der Waals surface area (Å²) in [5.41, 5.74) is 1.29. The summed E-state index contributed by atoms with van der Waals surface area (Å²) in [7, 11) is 0. The summed E-state index contributed by atoms with van der Waals surface area (Å²) in [6, 6.07) is 8.83. The first kappa shape index (κ1) is 17.2. The summed E-state index contributed by atoms with van der Waals surface area (Å²) in [5, 5.41) is 0. The number of carbonyl (C=O) groups is 2. The molecule has 3 heterocycles. The van der Waals surface area contributed by atoms with Gasteiger partial charge in [-0.15, -0.1) is 0 Å². The molecule has 0 saturated heterocycles. The molecule has 4 rings (SSSR count). The fourth-order valence-corrected chi connectivity index (χ4v) is 2.88. The molecule has 27 heavy (non-hydrogen) atoms. The summed E-state index contributed by atoms with van der Waals surface area (Å²) in [4.78, 5) is 31.2. The summed E-state index contributed by atoms with van der Waals surface area (Å²) in [5.74, 6) is 0.922. The Morgan fingerprint density at radius 3 is 2.48 bits per heavy atom. The van der Waals surface area contributed by atoms with Crippen molar-refractivity contribution in [3.8, 4) is 5.75 Å². The minimum atomic E-state index is -0.535. The number of aromatic nitrogens is 1. The fourth-order valence-electron chi connectivity index (χ4n) is 2.88. The predicted molar refractivity (Wildman–Crippen MR) is 100 cm³/mol. The molecule has 2 aliphatic heterocycles. The molecule has 1 aromatic carbocycles. The maximum absolute atomic E-state index is 12.3. The zero-order valence-corrected chi connectivity index (χ0v) is 15.5. The van der Waals surface area contributed by atoms with Crippen LogP contribution in [0.15, 0.2) is 42.6 Å². The Labute approximate surface area is 157 Å². The van der Waals surface area contributed by atoms with Crippen molar-refractivity contribution in [3.63, 3.8) is 0 Å². The van der Waals surface area contributed by atoms with E-state index in [4.69, 9.17) is 9.47 Å². The third-order valence-electron chi connectivity index (χ3n) is 4.27. The maximum Gasteiger partial charge on any atom is 0.338 e. The van der Waals surface area contributed by atoms with Crippen LogP contribution in [0.4, 0.5) is 11.5 Å². The third-order valence-corrected chi connectivity index (χ3v) is 4.27. The van der Waals surface area contributed by atoms with E-state index in [1.807, 2.05) is 43.9 Å². The van der Waals surface area contributed by atoms with Crippen molar-refractivity contribution in [2.24, 2.45) is 0 Å². The van der Waals surface area contributed by atoms with E-state index in [0.717, 1.165) is 11.5 Å². The van der Waals surface area contributed by atoms with Crippen LogP contribution in [-0.2, 0) is 4.74 Å². The molecule has 7 heteroatoms. The van der Waals surface area contributed by atoms with E-state index in [2.05, 4.69) is 4.98 Å². The van der Waals surface area contributed by atoms with Crippen LogP contribution in [0, 0.1) is 0 Å². The van der Waals surface area contributed by atoms with E-state index >= 15 is 0 Å². The SMILES string of the molecule is CC(C)(C)OC(=O)c1ccc(N2COc3cc(C(=O)N4C=CC4)[nH]c32)cc1. The number of ether oxygens (including phenoxy) is 2. The number of hydrogen-bond donors (Lipinski definition) is 1. The third kappa shape index (κ3) is 3.28. The molecule has 0 unspecified atom stereocenters. The molecule has 7 nitrogen and oxygen atoms in total. The number of esters is 1. The van der Waals surface area contributed by atoms with E-state index in [1.54, 1.807) is 29.3 Å². The summed E-state index contributed by atoms with van der Waals surface area (Å²) in [6.45, 7) is 6.47. The number of amides is 1. The van der Waals surface area contributed by atoms with Crippen LogP contribution < -0.4 is 9.64 Å². The number of anilines is 2. The van der Waals surface area contributed by atoms with Gasteiger partial charge in [0, 0.05) is 24.5 Å². The molecule has 2 aromatic rings. The highest BCUT2D eigenvalue weighted by molar-refractivity contribution is 5.96. The van der Waals surface area contributed by atoms with Gasteiger partial charge in [-0.2, -0.15) is 0 Å². The highest BCUT2D eigenvalue weighted by atomic mass is 16.6.